The number of ketones is 1. The average molecular weight is 494 g/mol. The molecule has 1 saturated heterocycles. The molecule has 1 fully saturated rings. The molecule has 0 saturated carbocycles. The molecule has 0 amide bonds. The van der Waals surface area contributed by atoms with Crippen LogP contribution in [0.1, 0.15) is 41.0 Å². The SMILES string of the molecule is CC1CC(C)CN(S(=O)(=O)c2cccc(C(=O)OCC(=O)c3ccccc3Br)c2)C1. The number of hydrogen-bond donors (Lipinski definition) is 0. The van der Waals surface area contributed by atoms with E-state index in [2.05, 4.69) is 15.9 Å². The van der Waals surface area contributed by atoms with Gasteiger partial charge < -0.3 is 4.74 Å². The molecular weight excluding hydrogens is 470 g/mol. The summed E-state index contributed by atoms with van der Waals surface area (Å²) in [5.41, 5.74) is 0.504. The van der Waals surface area contributed by atoms with Crippen LogP contribution < -0.4 is 0 Å². The number of ether oxygens (including phenoxy) is 1. The maximum Gasteiger partial charge on any atom is 0.338 e. The summed E-state index contributed by atoms with van der Waals surface area (Å²) in [5.74, 6) is -0.538. The first kappa shape index (κ1) is 22.7. The van der Waals surface area contributed by atoms with E-state index in [1.165, 1.54) is 28.6 Å². The van der Waals surface area contributed by atoms with Gasteiger partial charge in [0.25, 0.3) is 0 Å². The molecule has 6 nitrogen and oxygen atoms in total. The number of sulfonamides is 1. The van der Waals surface area contributed by atoms with Crippen molar-refractivity contribution in [1.29, 1.82) is 0 Å². The number of carbonyl (C=O) groups excluding carboxylic acids is 2. The fourth-order valence-electron chi connectivity index (χ4n) is 3.71. The Labute approximate surface area is 185 Å². The molecule has 0 aromatic heterocycles. The highest BCUT2D eigenvalue weighted by atomic mass is 79.9. The van der Waals surface area contributed by atoms with Crippen LogP contribution in [0.5, 0.6) is 0 Å². The summed E-state index contributed by atoms with van der Waals surface area (Å²) in [6.07, 6.45) is 0.990. The van der Waals surface area contributed by atoms with Gasteiger partial charge in [0, 0.05) is 23.1 Å². The topological polar surface area (TPSA) is 80.8 Å². The van der Waals surface area contributed by atoms with Gasteiger partial charge in [0.1, 0.15) is 0 Å². The number of benzene rings is 2. The number of hydrogen-bond acceptors (Lipinski definition) is 5. The number of halogens is 1. The van der Waals surface area contributed by atoms with E-state index in [4.69, 9.17) is 4.74 Å². The molecule has 2 aromatic rings. The summed E-state index contributed by atoms with van der Waals surface area (Å²) < 4.78 is 33.3. The number of rotatable bonds is 6. The van der Waals surface area contributed by atoms with Crippen molar-refractivity contribution in [3.05, 3.63) is 64.1 Å². The zero-order valence-electron chi connectivity index (χ0n) is 16.9. The highest BCUT2D eigenvalue weighted by Crippen LogP contribution is 2.27. The smallest absolute Gasteiger partial charge is 0.338 e. The Kier molecular flexibility index (Phi) is 7.10. The van der Waals surface area contributed by atoms with Crippen LogP contribution in [-0.2, 0) is 14.8 Å². The van der Waals surface area contributed by atoms with E-state index in [-0.39, 0.29) is 28.1 Å². The van der Waals surface area contributed by atoms with Gasteiger partial charge in [-0.25, -0.2) is 13.2 Å². The molecule has 2 atom stereocenters. The number of carbonyl (C=O) groups is 2. The van der Waals surface area contributed by atoms with Crippen LogP contribution in [0.15, 0.2) is 57.9 Å². The summed E-state index contributed by atoms with van der Waals surface area (Å²) >= 11 is 3.29. The fraction of sp³-hybridized carbons (Fsp3) is 0.364. The molecule has 0 N–H and O–H groups in total. The van der Waals surface area contributed by atoms with Crippen LogP contribution in [0, 0.1) is 11.8 Å². The molecular formula is C22H24BrNO5S. The van der Waals surface area contributed by atoms with Gasteiger partial charge in [-0.05, 0) is 42.5 Å². The number of Topliss-reactive ketones (excluding diaryl/α,β-unsaturated/α-hetero) is 1. The van der Waals surface area contributed by atoms with E-state index in [0.717, 1.165) is 6.42 Å². The standard InChI is InChI=1S/C22H24BrNO5S/c1-15-10-16(2)13-24(12-15)30(27,28)18-7-5-6-17(11-18)22(26)29-14-21(25)19-8-3-4-9-20(19)23/h3-9,11,15-16H,10,12-14H2,1-2H3. The fourth-order valence-corrected chi connectivity index (χ4v) is 5.95. The molecule has 0 bridgehead atoms. The normalized spacial score (nSPS) is 20.0. The van der Waals surface area contributed by atoms with E-state index in [9.17, 15) is 18.0 Å². The maximum atomic E-state index is 13.1. The van der Waals surface area contributed by atoms with Crippen molar-refractivity contribution in [1.82, 2.24) is 4.31 Å². The second-order valence-electron chi connectivity index (χ2n) is 7.78. The third kappa shape index (κ3) is 5.17. The second kappa shape index (κ2) is 9.41. The second-order valence-corrected chi connectivity index (χ2v) is 10.6. The molecule has 1 aliphatic rings. The minimum absolute atomic E-state index is 0.0513. The highest BCUT2D eigenvalue weighted by molar-refractivity contribution is 9.10. The summed E-state index contributed by atoms with van der Waals surface area (Å²) in [7, 11) is -3.71. The van der Waals surface area contributed by atoms with Crippen LogP contribution in [0.3, 0.4) is 0 Å². The van der Waals surface area contributed by atoms with Gasteiger partial charge in [0.15, 0.2) is 6.61 Å². The molecule has 2 unspecified atom stereocenters. The Morgan fingerprint density at radius 3 is 2.40 bits per heavy atom. The predicted octanol–water partition coefficient (Wildman–Crippen LogP) is 4.16. The van der Waals surface area contributed by atoms with Crippen LogP contribution in [0.4, 0.5) is 0 Å². The predicted molar refractivity (Wildman–Crippen MR) is 117 cm³/mol. The van der Waals surface area contributed by atoms with Crippen molar-refractivity contribution in [2.24, 2.45) is 11.8 Å². The molecule has 8 heteroatoms. The van der Waals surface area contributed by atoms with Crippen molar-refractivity contribution in [3.63, 3.8) is 0 Å². The number of esters is 1. The van der Waals surface area contributed by atoms with Crippen LogP contribution in [0.25, 0.3) is 0 Å². The van der Waals surface area contributed by atoms with Crippen LogP contribution in [0.2, 0.25) is 0 Å². The summed E-state index contributed by atoms with van der Waals surface area (Å²) in [6, 6.07) is 12.6. The van der Waals surface area contributed by atoms with E-state index >= 15 is 0 Å². The van der Waals surface area contributed by atoms with E-state index in [1.54, 1.807) is 24.3 Å². The Balaban J connectivity index is 1.72. The zero-order valence-corrected chi connectivity index (χ0v) is 19.3. The summed E-state index contributed by atoms with van der Waals surface area (Å²) in [5, 5.41) is 0. The molecule has 1 heterocycles. The number of piperidine rings is 1. The summed E-state index contributed by atoms with van der Waals surface area (Å²) in [4.78, 5) is 24.8. The van der Waals surface area contributed by atoms with Gasteiger partial charge in [0.05, 0.1) is 10.5 Å². The van der Waals surface area contributed by atoms with Crippen molar-refractivity contribution in [3.8, 4) is 0 Å². The first-order valence-corrected chi connectivity index (χ1v) is 12.0. The molecule has 160 valence electrons. The minimum Gasteiger partial charge on any atom is -0.454 e. The zero-order chi connectivity index (χ0) is 21.9. The van der Waals surface area contributed by atoms with Crippen LogP contribution in [-0.4, -0.2) is 44.2 Å². The maximum absolute atomic E-state index is 13.1. The average Bonchev–Trinajstić information content (AvgIpc) is 2.71. The molecule has 2 aromatic carbocycles. The van der Waals surface area contributed by atoms with Crippen molar-refractivity contribution < 1.29 is 22.7 Å². The quantitative estimate of drug-likeness (QED) is 0.445. The van der Waals surface area contributed by atoms with Crippen molar-refractivity contribution >= 4 is 37.7 Å². The third-order valence-corrected chi connectivity index (χ3v) is 7.57. The first-order chi connectivity index (χ1) is 14.2. The van der Waals surface area contributed by atoms with Crippen molar-refractivity contribution in [2.45, 2.75) is 25.2 Å². The van der Waals surface area contributed by atoms with E-state index in [0.29, 0.717) is 23.1 Å². The third-order valence-electron chi connectivity index (χ3n) is 5.05. The van der Waals surface area contributed by atoms with Gasteiger partial charge in [-0.3, -0.25) is 4.79 Å². The Bertz CT molecular complexity index is 1040. The molecule has 3 rings (SSSR count). The Morgan fingerprint density at radius 2 is 1.73 bits per heavy atom. The van der Waals surface area contributed by atoms with Gasteiger partial charge in [0.2, 0.25) is 15.8 Å². The lowest BCUT2D eigenvalue weighted by atomic mass is 9.94. The van der Waals surface area contributed by atoms with E-state index < -0.39 is 22.6 Å². The Morgan fingerprint density at radius 1 is 1.07 bits per heavy atom. The molecule has 0 radical (unpaired) electrons. The lowest BCUT2D eigenvalue weighted by molar-refractivity contribution is 0.0474. The molecule has 0 aliphatic carbocycles. The lowest BCUT2D eigenvalue weighted by Crippen LogP contribution is -2.42. The molecule has 1 aliphatic heterocycles. The van der Waals surface area contributed by atoms with Gasteiger partial charge in [-0.1, -0.05) is 54.0 Å². The Hall–Kier alpha value is -2.03. The van der Waals surface area contributed by atoms with Crippen LogP contribution >= 0.6 is 15.9 Å². The highest BCUT2D eigenvalue weighted by Gasteiger charge is 2.32. The minimum atomic E-state index is -3.71. The van der Waals surface area contributed by atoms with Gasteiger partial charge in [-0.15, -0.1) is 0 Å². The summed E-state index contributed by atoms with van der Waals surface area (Å²) in [6.45, 7) is 4.56. The molecule has 0 spiro atoms. The van der Waals surface area contributed by atoms with Gasteiger partial charge >= 0.3 is 5.97 Å². The lowest BCUT2D eigenvalue weighted by Gasteiger charge is -2.34. The van der Waals surface area contributed by atoms with Crippen molar-refractivity contribution in [2.75, 3.05) is 19.7 Å². The number of nitrogens with zero attached hydrogens (tertiary/aromatic N) is 1. The first-order valence-electron chi connectivity index (χ1n) is 9.73. The van der Waals surface area contributed by atoms with Gasteiger partial charge in [-0.2, -0.15) is 4.31 Å². The van der Waals surface area contributed by atoms with E-state index in [1.807, 2.05) is 13.8 Å². The monoisotopic (exact) mass is 493 g/mol. The molecule has 30 heavy (non-hydrogen) atoms. The largest absolute Gasteiger partial charge is 0.454 e.